The number of nitrogens with zero attached hydrogens (tertiary/aromatic N) is 3. The van der Waals surface area contributed by atoms with Crippen molar-refractivity contribution < 1.29 is 22.8 Å². The first-order valence-electron chi connectivity index (χ1n) is 6.23. The number of aromatic nitrogens is 3. The first kappa shape index (κ1) is 16.9. The molecular formula is C11H16F3N5O2. The summed E-state index contributed by atoms with van der Waals surface area (Å²) in [6, 6.07) is 0. The van der Waals surface area contributed by atoms with Crippen molar-refractivity contribution in [3.8, 4) is 0 Å². The fourth-order valence-electron chi connectivity index (χ4n) is 1.45. The molecule has 1 aromatic rings. The van der Waals surface area contributed by atoms with E-state index in [0.717, 1.165) is 11.3 Å². The number of alkyl halides is 3. The van der Waals surface area contributed by atoms with Crippen LogP contribution >= 0.6 is 0 Å². The van der Waals surface area contributed by atoms with Crippen molar-refractivity contribution in [3.63, 3.8) is 0 Å². The van der Waals surface area contributed by atoms with E-state index >= 15 is 0 Å². The Morgan fingerprint density at radius 3 is 2.62 bits per heavy atom. The van der Waals surface area contributed by atoms with Gasteiger partial charge in [-0.15, -0.1) is 5.10 Å². The van der Waals surface area contributed by atoms with Gasteiger partial charge in [-0.3, -0.25) is 14.7 Å². The summed E-state index contributed by atoms with van der Waals surface area (Å²) in [6.45, 7) is -0.0111. The predicted octanol–water partition coefficient (Wildman–Crippen LogP) is 0.508. The Hall–Kier alpha value is -2.13. The number of aryl methyl sites for hydroxylation is 1. The van der Waals surface area contributed by atoms with Gasteiger partial charge in [-0.05, 0) is 6.42 Å². The van der Waals surface area contributed by atoms with Crippen molar-refractivity contribution in [2.24, 2.45) is 0 Å². The zero-order chi connectivity index (χ0) is 16.0. The highest BCUT2D eigenvalue weighted by atomic mass is 19.4. The minimum atomic E-state index is -4.49. The van der Waals surface area contributed by atoms with Crippen molar-refractivity contribution in [3.05, 3.63) is 11.6 Å². The number of H-pyrrole nitrogens is 1. The highest BCUT2D eigenvalue weighted by Crippen LogP contribution is 2.12. The fraction of sp³-hybridized carbons (Fsp3) is 0.636. The average Bonchev–Trinajstić information content (AvgIpc) is 2.83. The third-order valence-electron chi connectivity index (χ3n) is 2.42. The van der Waals surface area contributed by atoms with Crippen LogP contribution in [0.15, 0.2) is 0 Å². The molecule has 0 spiro atoms. The lowest BCUT2D eigenvalue weighted by Gasteiger charge is -2.15. The molecule has 0 radical (unpaired) electrons. The Labute approximate surface area is 118 Å². The molecule has 0 aliphatic heterocycles. The van der Waals surface area contributed by atoms with Crippen molar-refractivity contribution in [1.29, 1.82) is 0 Å². The van der Waals surface area contributed by atoms with Crippen LogP contribution < -0.4 is 5.32 Å². The maximum absolute atomic E-state index is 11.9. The van der Waals surface area contributed by atoms with Gasteiger partial charge in [0.2, 0.25) is 11.7 Å². The van der Waals surface area contributed by atoms with Crippen LogP contribution in [0.3, 0.4) is 0 Å². The summed E-state index contributed by atoms with van der Waals surface area (Å²) >= 11 is 0. The molecule has 0 unspecified atom stereocenters. The summed E-state index contributed by atoms with van der Waals surface area (Å²) in [5.41, 5.74) is 0. The van der Waals surface area contributed by atoms with Crippen molar-refractivity contribution in [2.45, 2.75) is 25.9 Å². The predicted molar refractivity (Wildman–Crippen MR) is 66.4 cm³/mol. The molecule has 0 bridgehead atoms. The molecule has 0 aromatic carbocycles. The van der Waals surface area contributed by atoms with E-state index in [0.29, 0.717) is 12.2 Å². The number of amides is 2. The summed E-state index contributed by atoms with van der Waals surface area (Å²) in [6.07, 6.45) is -3.05. The first-order chi connectivity index (χ1) is 9.73. The smallest absolute Gasteiger partial charge is 0.345 e. The number of carbonyl (C=O) groups excluding carboxylic acids is 2. The van der Waals surface area contributed by atoms with Gasteiger partial charge in [0.1, 0.15) is 12.4 Å². The number of aromatic amines is 1. The van der Waals surface area contributed by atoms with Crippen LogP contribution in [0.1, 0.15) is 29.8 Å². The minimum absolute atomic E-state index is 0.121. The number of nitrogens with one attached hydrogen (secondary N) is 2. The Morgan fingerprint density at radius 2 is 2.05 bits per heavy atom. The maximum Gasteiger partial charge on any atom is 0.405 e. The molecule has 0 saturated heterocycles. The second-order valence-electron chi connectivity index (χ2n) is 4.41. The van der Waals surface area contributed by atoms with Crippen molar-refractivity contribution in [2.75, 3.05) is 20.1 Å². The molecule has 0 saturated carbocycles. The van der Waals surface area contributed by atoms with Crippen LogP contribution in [0.5, 0.6) is 0 Å². The van der Waals surface area contributed by atoms with E-state index in [1.54, 1.807) is 5.32 Å². The van der Waals surface area contributed by atoms with Gasteiger partial charge in [-0.25, -0.2) is 4.98 Å². The largest absolute Gasteiger partial charge is 0.405 e. The van der Waals surface area contributed by atoms with Crippen LogP contribution in [0.4, 0.5) is 13.2 Å². The number of halogens is 3. The lowest BCUT2D eigenvalue weighted by Crippen LogP contribution is -2.42. The first-order valence-corrected chi connectivity index (χ1v) is 6.23. The quantitative estimate of drug-likeness (QED) is 0.801. The molecule has 2 N–H and O–H groups in total. The Kier molecular flexibility index (Phi) is 5.68. The topological polar surface area (TPSA) is 91.0 Å². The molecule has 0 fully saturated rings. The van der Waals surface area contributed by atoms with Crippen LogP contribution in [0, 0.1) is 0 Å². The zero-order valence-corrected chi connectivity index (χ0v) is 11.6. The molecule has 7 nitrogen and oxygen atoms in total. The molecular weight excluding hydrogens is 291 g/mol. The van der Waals surface area contributed by atoms with Crippen LogP contribution in [0.2, 0.25) is 0 Å². The van der Waals surface area contributed by atoms with Crippen molar-refractivity contribution in [1.82, 2.24) is 25.4 Å². The van der Waals surface area contributed by atoms with Gasteiger partial charge in [-0.2, -0.15) is 13.2 Å². The summed E-state index contributed by atoms with van der Waals surface area (Å²) in [5.74, 6) is -1.14. The Balaban J connectivity index is 2.51. The van der Waals surface area contributed by atoms with E-state index in [-0.39, 0.29) is 5.82 Å². The summed E-state index contributed by atoms with van der Waals surface area (Å²) in [4.78, 5) is 28.1. The van der Waals surface area contributed by atoms with Crippen molar-refractivity contribution >= 4 is 11.8 Å². The Bertz CT molecular complexity index is 500. The third kappa shape index (κ3) is 5.79. The second kappa shape index (κ2) is 7.04. The Morgan fingerprint density at radius 1 is 1.38 bits per heavy atom. The van der Waals surface area contributed by atoms with Crippen LogP contribution in [-0.2, 0) is 11.2 Å². The minimum Gasteiger partial charge on any atom is -0.345 e. The van der Waals surface area contributed by atoms with E-state index in [4.69, 9.17) is 0 Å². The molecule has 0 aliphatic carbocycles. The molecule has 2 amide bonds. The fourth-order valence-corrected chi connectivity index (χ4v) is 1.45. The second-order valence-corrected chi connectivity index (χ2v) is 4.41. The van der Waals surface area contributed by atoms with E-state index in [1.165, 1.54) is 7.05 Å². The monoisotopic (exact) mass is 307 g/mol. The number of likely N-dealkylation sites (N-methyl/N-ethyl adjacent to an activating group) is 1. The molecule has 0 aliphatic rings. The summed E-state index contributed by atoms with van der Waals surface area (Å²) in [7, 11) is 1.28. The summed E-state index contributed by atoms with van der Waals surface area (Å²) in [5, 5.41) is 7.97. The van der Waals surface area contributed by atoms with Gasteiger partial charge in [0.25, 0.3) is 5.91 Å². The van der Waals surface area contributed by atoms with Gasteiger partial charge < -0.3 is 10.2 Å². The van der Waals surface area contributed by atoms with E-state index < -0.39 is 31.1 Å². The molecule has 118 valence electrons. The zero-order valence-electron chi connectivity index (χ0n) is 11.6. The SMILES string of the molecule is CCCc1nc(C(=O)N(C)CC(=O)NCC(F)(F)F)n[nH]1. The molecule has 10 heteroatoms. The summed E-state index contributed by atoms with van der Waals surface area (Å²) < 4.78 is 35.8. The molecule has 0 atom stereocenters. The molecule has 1 aromatic heterocycles. The van der Waals surface area contributed by atoms with Gasteiger partial charge in [0.15, 0.2) is 0 Å². The highest BCUT2D eigenvalue weighted by molar-refractivity contribution is 5.93. The van der Waals surface area contributed by atoms with E-state index in [1.807, 2.05) is 6.92 Å². The van der Waals surface area contributed by atoms with Gasteiger partial charge in [0, 0.05) is 13.5 Å². The maximum atomic E-state index is 11.9. The normalized spacial score (nSPS) is 11.3. The lowest BCUT2D eigenvalue weighted by molar-refractivity contribution is -0.138. The van der Waals surface area contributed by atoms with Gasteiger partial charge in [0.05, 0.1) is 6.54 Å². The molecule has 1 heterocycles. The van der Waals surface area contributed by atoms with Gasteiger partial charge in [-0.1, -0.05) is 6.92 Å². The number of hydrogen-bond acceptors (Lipinski definition) is 4. The van der Waals surface area contributed by atoms with Gasteiger partial charge >= 0.3 is 6.18 Å². The highest BCUT2D eigenvalue weighted by Gasteiger charge is 2.28. The lowest BCUT2D eigenvalue weighted by atomic mass is 10.3. The molecule has 21 heavy (non-hydrogen) atoms. The number of carbonyl (C=O) groups is 2. The third-order valence-corrected chi connectivity index (χ3v) is 2.42. The number of hydrogen-bond donors (Lipinski definition) is 2. The molecule has 1 rings (SSSR count). The van der Waals surface area contributed by atoms with E-state index in [2.05, 4.69) is 15.2 Å². The van der Waals surface area contributed by atoms with Crippen LogP contribution in [0.25, 0.3) is 0 Å². The van der Waals surface area contributed by atoms with E-state index in [9.17, 15) is 22.8 Å². The standard InChI is InChI=1S/C11H16F3N5O2/c1-3-4-7-16-9(18-17-7)10(21)19(2)5-8(20)15-6-11(12,13)14/h3-6H2,1-2H3,(H,15,20)(H,16,17,18). The number of rotatable bonds is 6. The average molecular weight is 307 g/mol. The van der Waals surface area contributed by atoms with Crippen LogP contribution in [-0.4, -0.2) is 58.2 Å².